The largest absolute Gasteiger partial charge is 0.489 e. The Hall–Kier alpha value is -1.15. The second-order valence-corrected chi connectivity index (χ2v) is 5.94. The fourth-order valence-corrected chi connectivity index (χ4v) is 2.59. The number of aryl methyl sites for hydroxylation is 2. The summed E-state index contributed by atoms with van der Waals surface area (Å²) < 4.78 is 38.8. The van der Waals surface area contributed by atoms with Gasteiger partial charge in [0.05, 0.1) is 19.8 Å². The number of hydrogen-bond acceptors (Lipinski definition) is 5. The topological polar surface area (TPSA) is 87.8 Å². The van der Waals surface area contributed by atoms with Crippen LogP contribution >= 0.6 is 0 Å². The first-order chi connectivity index (χ1) is 9.36. The molecule has 0 saturated heterocycles. The standard InChI is InChI=1S/C13H21NO5S/c1-10-8-11(2)13(12(9-10)20(14,15)16)19-7-6-18-5-4-17-3/h8-9H,4-7H2,1-3H3,(H2,14,15,16). The monoisotopic (exact) mass is 303 g/mol. The number of rotatable bonds is 8. The number of sulfonamides is 1. The Bertz CT molecular complexity index is 542. The van der Waals surface area contributed by atoms with E-state index in [1.165, 1.54) is 6.07 Å². The van der Waals surface area contributed by atoms with Crippen LogP contribution in [0.2, 0.25) is 0 Å². The summed E-state index contributed by atoms with van der Waals surface area (Å²) in [5, 5.41) is 5.21. The maximum atomic E-state index is 11.6. The highest BCUT2D eigenvalue weighted by molar-refractivity contribution is 7.89. The van der Waals surface area contributed by atoms with Crippen LogP contribution < -0.4 is 9.88 Å². The van der Waals surface area contributed by atoms with Gasteiger partial charge in [0.2, 0.25) is 10.0 Å². The highest BCUT2D eigenvalue weighted by Gasteiger charge is 2.18. The van der Waals surface area contributed by atoms with Crippen LogP contribution in [-0.4, -0.2) is 42.0 Å². The molecule has 1 aromatic rings. The van der Waals surface area contributed by atoms with E-state index in [-0.39, 0.29) is 17.3 Å². The molecule has 0 heterocycles. The first-order valence-corrected chi connectivity index (χ1v) is 7.74. The molecule has 20 heavy (non-hydrogen) atoms. The van der Waals surface area contributed by atoms with E-state index in [1.54, 1.807) is 21.0 Å². The summed E-state index contributed by atoms with van der Waals surface area (Å²) in [5.41, 5.74) is 1.54. The fraction of sp³-hybridized carbons (Fsp3) is 0.538. The van der Waals surface area contributed by atoms with Crippen molar-refractivity contribution in [1.82, 2.24) is 0 Å². The first-order valence-electron chi connectivity index (χ1n) is 6.19. The number of methoxy groups -OCH3 is 1. The third kappa shape index (κ3) is 5.09. The maximum Gasteiger partial charge on any atom is 0.241 e. The maximum absolute atomic E-state index is 11.6. The van der Waals surface area contributed by atoms with Gasteiger partial charge in [0.15, 0.2) is 0 Å². The van der Waals surface area contributed by atoms with Crippen LogP contribution in [0.4, 0.5) is 0 Å². The van der Waals surface area contributed by atoms with E-state index in [4.69, 9.17) is 19.3 Å². The van der Waals surface area contributed by atoms with Gasteiger partial charge in [-0.3, -0.25) is 0 Å². The minimum absolute atomic E-state index is 0.00638. The lowest BCUT2D eigenvalue weighted by Crippen LogP contribution is -2.17. The molecule has 0 amide bonds. The third-order valence-electron chi connectivity index (χ3n) is 2.60. The van der Waals surface area contributed by atoms with Gasteiger partial charge < -0.3 is 14.2 Å². The van der Waals surface area contributed by atoms with Gasteiger partial charge in [0, 0.05) is 7.11 Å². The van der Waals surface area contributed by atoms with Gasteiger partial charge in [-0.25, -0.2) is 13.6 Å². The van der Waals surface area contributed by atoms with E-state index in [2.05, 4.69) is 0 Å². The highest BCUT2D eigenvalue weighted by Crippen LogP contribution is 2.28. The lowest BCUT2D eigenvalue weighted by Gasteiger charge is -2.14. The highest BCUT2D eigenvalue weighted by atomic mass is 32.2. The Morgan fingerprint density at radius 2 is 1.75 bits per heavy atom. The summed E-state index contributed by atoms with van der Waals surface area (Å²) in [6.07, 6.45) is 0. The summed E-state index contributed by atoms with van der Waals surface area (Å²) in [6.45, 7) is 5.15. The molecule has 0 fully saturated rings. The molecule has 0 aliphatic rings. The van der Waals surface area contributed by atoms with E-state index >= 15 is 0 Å². The molecule has 0 atom stereocenters. The van der Waals surface area contributed by atoms with E-state index in [0.717, 1.165) is 11.1 Å². The second-order valence-electron chi connectivity index (χ2n) is 4.41. The zero-order valence-corrected chi connectivity index (χ0v) is 12.8. The smallest absolute Gasteiger partial charge is 0.241 e. The van der Waals surface area contributed by atoms with Crippen molar-refractivity contribution >= 4 is 10.0 Å². The molecule has 0 aromatic heterocycles. The Morgan fingerprint density at radius 1 is 1.10 bits per heavy atom. The van der Waals surface area contributed by atoms with E-state index in [9.17, 15) is 8.42 Å². The average molecular weight is 303 g/mol. The van der Waals surface area contributed by atoms with Gasteiger partial charge in [-0.15, -0.1) is 0 Å². The molecular weight excluding hydrogens is 282 g/mol. The lowest BCUT2D eigenvalue weighted by atomic mass is 10.1. The Morgan fingerprint density at radius 3 is 2.35 bits per heavy atom. The number of primary sulfonamides is 1. The minimum atomic E-state index is -3.82. The van der Waals surface area contributed by atoms with Gasteiger partial charge in [-0.05, 0) is 31.0 Å². The van der Waals surface area contributed by atoms with E-state index in [0.29, 0.717) is 19.8 Å². The summed E-state index contributed by atoms with van der Waals surface area (Å²) in [5.74, 6) is 0.286. The summed E-state index contributed by atoms with van der Waals surface area (Å²) >= 11 is 0. The van der Waals surface area contributed by atoms with Crippen molar-refractivity contribution in [2.24, 2.45) is 5.14 Å². The zero-order valence-electron chi connectivity index (χ0n) is 12.0. The van der Waals surface area contributed by atoms with Gasteiger partial charge in [-0.2, -0.15) is 0 Å². The van der Waals surface area contributed by atoms with Crippen molar-refractivity contribution in [3.05, 3.63) is 23.3 Å². The van der Waals surface area contributed by atoms with Crippen LogP contribution in [0.5, 0.6) is 5.75 Å². The summed E-state index contributed by atoms with van der Waals surface area (Å²) in [7, 11) is -2.22. The van der Waals surface area contributed by atoms with Crippen LogP contribution in [-0.2, 0) is 19.5 Å². The van der Waals surface area contributed by atoms with Crippen molar-refractivity contribution in [2.45, 2.75) is 18.7 Å². The van der Waals surface area contributed by atoms with Crippen molar-refractivity contribution in [2.75, 3.05) is 33.5 Å². The van der Waals surface area contributed by atoms with Gasteiger partial charge in [-0.1, -0.05) is 6.07 Å². The number of benzene rings is 1. The Labute approximate surface area is 119 Å². The zero-order chi connectivity index (χ0) is 15.2. The molecule has 1 aromatic carbocycles. The van der Waals surface area contributed by atoms with Crippen molar-refractivity contribution in [1.29, 1.82) is 0 Å². The predicted octanol–water partition coefficient (Wildman–Crippen LogP) is 0.993. The third-order valence-corrected chi connectivity index (χ3v) is 3.51. The normalized spacial score (nSPS) is 11.6. The molecule has 0 saturated carbocycles. The quantitative estimate of drug-likeness (QED) is 0.724. The fourth-order valence-electron chi connectivity index (χ4n) is 1.76. The van der Waals surface area contributed by atoms with E-state index < -0.39 is 10.0 Å². The molecule has 114 valence electrons. The summed E-state index contributed by atoms with van der Waals surface area (Å²) in [4.78, 5) is 0.00638. The first kappa shape index (κ1) is 16.9. The molecule has 0 aliphatic heterocycles. The Balaban J connectivity index is 2.74. The van der Waals surface area contributed by atoms with Crippen LogP contribution in [0.25, 0.3) is 0 Å². The molecule has 7 heteroatoms. The lowest BCUT2D eigenvalue weighted by molar-refractivity contribution is 0.0538. The van der Waals surface area contributed by atoms with Gasteiger partial charge in [0.25, 0.3) is 0 Å². The molecule has 6 nitrogen and oxygen atoms in total. The predicted molar refractivity (Wildman–Crippen MR) is 75.5 cm³/mol. The van der Waals surface area contributed by atoms with Crippen LogP contribution in [0.1, 0.15) is 11.1 Å². The van der Waals surface area contributed by atoms with Gasteiger partial charge in [0.1, 0.15) is 17.3 Å². The number of nitrogens with two attached hydrogens (primary N) is 1. The molecule has 1 rings (SSSR count). The summed E-state index contributed by atoms with van der Waals surface area (Å²) in [6, 6.07) is 3.35. The SMILES string of the molecule is COCCOCCOc1c(C)cc(C)cc1S(N)(=O)=O. The average Bonchev–Trinajstić information content (AvgIpc) is 2.34. The molecule has 0 bridgehead atoms. The molecular formula is C13H21NO5S. The van der Waals surface area contributed by atoms with Crippen LogP contribution in [0.15, 0.2) is 17.0 Å². The molecule has 0 aliphatic carbocycles. The molecule has 0 radical (unpaired) electrons. The van der Waals surface area contributed by atoms with Crippen LogP contribution in [0.3, 0.4) is 0 Å². The Kier molecular flexibility index (Phi) is 6.41. The molecule has 0 spiro atoms. The van der Waals surface area contributed by atoms with Crippen molar-refractivity contribution in [3.63, 3.8) is 0 Å². The van der Waals surface area contributed by atoms with Crippen LogP contribution in [0, 0.1) is 13.8 Å². The number of hydrogen-bond donors (Lipinski definition) is 1. The number of ether oxygens (including phenoxy) is 3. The molecule has 0 unspecified atom stereocenters. The van der Waals surface area contributed by atoms with Crippen molar-refractivity contribution < 1.29 is 22.6 Å². The minimum Gasteiger partial charge on any atom is -0.489 e. The van der Waals surface area contributed by atoms with Crippen molar-refractivity contribution in [3.8, 4) is 5.75 Å². The second kappa shape index (κ2) is 7.58. The molecule has 2 N–H and O–H groups in total. The van der Waals surface area contributed by atoms with E-state index in [1.807, 2.05) is 6.07 Å². The van der Waals surface area contributed by atoms with Gasteiger partial charge >= 0.3 is 0 Å².